The van der Waals surface area contributed by atoms with Crippen LogP contribution in [0, 0.1) is 0 Å². The van der Waals surface area contributed by atoms with Gasteiger partial charge in [-0.15, -0.1) is 0 Å². The summed E-state index contributed by atoms with van der Waals surface area (Å²) in [5.41, 5.74) is -1.19. The van der Waals surface area contributed by atoms with Gasteiger partial charge in [0.25, 0.3) is 0 Å². The van der Waals surface area contributed by atoms with Crippen LogP contribution in [0.1, 0.15) is 27.7 Å². The number of morpholine rings is 1. The molecule has 0 amide bonds. The topological polar surface area (TPSA) is 68.0 Å². The third-order valence-electron chi connectivity index (χ3n) is 4.39. The fourth-order valence-corrected chi connectivity index (χ4v) is 6.15. The number of ether oxygens (including phenoxy) is 1. The molecule has 2 N–H and O–H groups in total. The maximum Gasteiger partial charge on any atom is 0.172 e. The molecule has 0 saturated carbocycles. The summed E-state index contributed by atoms with van der Waals surface area (Å²) in [4.78, 5) is 1.24. The van der Waals surface area contributed by atoms with Gasteiger partial charge in [-0.25, -0.2) is 8.42 Å². The SMILES string of the molecule is CC(C)(O)[C@@H]1[C@H]([NH+]2CCOCC2)C(C)(C)S1(=O)=O. The molecule has 0 aliphatic carbocycles. The van der Waals surface area contributed by atoms with Gasteiger partial charge in [-0.3, -0.25) is 0 Å². The van der Waals surface area contributed by atoms with E-state index in [4.69, 9.17) is 4.74 Å². The Morgan fingerprint density at radius 1 is 1.28 bits per heavy atom. The van der Waals surface area contributed by atoms with Crippen LogP contribution >= 0.6 is 0 Å². The average Bonchev–Trinajstić information content (AvgIpc) is 2.24. The summed E-state index contributed by atoms with van der Waals surface area (Å²) < 4.78 is 29.3. The molecule has 2 heterocycles. The van der Waals surface area contributed by atoms with E-state index in [9.17, 15) is 13.5 Å². The van der Waals surface area contributed by atoms with Crippen LogP contribution in [0.15, 0.2) is 0 Å². The minimum absolute atomic E-state index is 0.0496. The van der Waals surface area contributed by atoms with Gasteiger partial charge in [0.1, 0.15) is 29.1 Å². The van der Waals surface area contributed by atoms with Crippen LogP contribution in [0.4, 0.5) is 0 Å². The van der Waals surface area contributed by atoms with Gasteiger partial charge < -0.3 is 14.7 Å². The van der Waals surface area contributed by atoms with Crippen LogP contribution in [-0.4, -0.2) is 61.5 Å². The van der Waals surface area contributed by atoms with Crippen LogP contribution < -0.4 is 4.90 Å². The van der Waals surface area contributed by atoms with Gasteiger partial charge in [0.2, 0.25) is 0 Å². The van der Waals surface area contributed by atoms with Crippen molar-refractivity contribution in [3.05, 3.63) is 0 Å². The molecule has 0 bridgehead atoms. The summed E-state index contributed by atoms with van der Waals surface area (Å²) in [5, 5.41) is 9.51. The number of aliphatic hydroxyl groups is 1. The molecule has 2 atom stereocenters. The lowest BCUT2D eigenvalue weighted by molar-refractivity contribution is -0.937. The van der Waals surface area contributed by atoms with Crippen LogP contribution in [0.2, 0.25) is 0 Å². The van der Waals surface area contributed by atoms with Gasteiger partial charge in [0.15, 0.2) is 9.84 Å². The highest BCUT2D eigenvalue weighted by atomic mass is 32.2. The number of hydrogen-bond acceptors (Lipinski definition) is 4. The van der Waals surface area contributed by atoms with E-state index in [1.54, 1.807) is 27.7 Å². The summed E-state index contributed by atoms with van der Waals surface area (Å²) in [7, 11) is -3.27. The maximum absolute atomic E-state index is 12.4. The molecule has 6 heteroatoms. The van der Waals surface area contributed by atoms with Gasteiger partial charge >= 0.3 is 0 Å². The van der Waals surface area contributed by atoms with Crippen molar-refractivity contribution in [3.63, 3.8) is 0 Å². The zero-order valence-corrected chi connectivity index (χ0v) is 12.4. The van der Waals surface area contributed by atoms with Crippen LogP contribution in [0.3, 0.4) is 0 Å². The third kappa shape index (κ3) is 1.90. The van der Waals surface area contributed by atoms with Crippen molar-refractivity contribution in [2.45, 2.75) is 49.3 Å². The Bertz CT molecular complexity index is 418. The summed E-state index contributed by atoms with van der Waals surface area (Å²) in [6.07, 6.45) is 0. The second-order valence-corrected chi connectivity index (χ2v) is 9.12. The first-order chi connectivity index (χ1) is 8.10. The zero-order valence-electron chi connectivity index (χ0n) is 11.6. The molecule has 0 spiro atoms. The minimum Gasteiger partial charge on any atom is -0.389 e. The molecular formula is C12H24NO4S+. The summed E-state index contributed by atoms with van der Waals surface area (Å²) >= 11 is 0. The number of rotatable bonds is 2. The van der Waals surface area contributed by atoms with Gasteiger partial charge in [-0.05, 0) is 27.7 Å². The van der Waals surface area contributed by atoms with Crippen molar-refractivity contribution < 1.29 is 23.2 Å². The number of sulfone groups is 1. The Hall–Kier alpha value is -0.170. The molecule has 0 aromatic rings. The second-order valence-electron chi connectivity index (χ2n) is 6.47. The van der Waals surface area contributed by atoms with Gasteiger partial charge in [-0.2, -0.15) is 0 Å². The van der Waals surface area contributed by atoms with E-state index in [1.807, 2.05) is 0 Å². The predicted octanol–water partition coefficient (Wildman–Crippen LogP) is -1.38. The fraction of sp³-hybridized carbons (Fsp3) is 1.00. The molecule has 18 heavy (non-hydrogen) atoms. The van der Waals surface area contributed by atoms with Crippen molar-refractivity contribution >= 4 is 9.84 Å². The molecule has 2 fully saturated rings. The van der Waals surface area contributed by atoms with Crippen LogP contribution in [0.25, 0.3) is 0 Å². The first kappa shape index (κ1) is 14.2. The monoisotopic (exact) mass is 278 g/mol. The fourth-order valence-electron chi connectivity index (χ4n) is 3.41. The predicted molar refractivity (Wildman–Crippen MR) is 68.4 cm³/mol. The standard InChI is InChI=1S/C12H23NO4S/c1-11(2,14)10-9(12(3,4)18(10,15)16)13-5-7-17-8-6-13/h9-10,14H,5-8H2,1-4H3/p+1/t9-,10-/m0/s1. The van der Waals surface area contributed by atoms with Crippen molar-refractivity contribution in [2.24, 2.45) is 0 Å². The minimum atomic E-state index is -3.27. The quantitative estimate of drug-likeness (QED) is 0.653. The van der Waals surface area contributed by atoms with Gasteiger partial charge in [0.05, 0.1) is 18.8 Å². The van der Waals surface area contributed by atoms with Crippen LogP contribution in [-0.2, 0) is 14.6 Å². The number of quaternary nitrogens is 1. The van der Waals surface area contributed by atoms with E-state index in [0.717, 1.165) is 13.1 Å². The average molecular weight is 278 g/mol. The Balaban J connectivity index is 2.32. The first-order valence-electron chi connectivity index (χ1n) is 6.48. The summed E-state index contributed by atoms with van der Waals surface area (Å²) in [6.45, 7) is 9.71. The molecule has 0 aromatic carbocycles. The first-order valence-corrected chi connectivity index (χ1v) is 8.03. The Morgan fingerprint density at radius 2 is 1.78 bits per heavy atom. The molecule has 2 saturated heterocycles. The smallest absolute Gasteiger partial charge is 0.172 e. The number of hydrogen-bond donors (Lipinski definition) is 2. The van der Waals surface area contributed by atoms with Crippen molar-refractivity contribution in [3.8, 4) is 0 Å². The largest absolute Gasteiger partial charge is 0.389 e. The third-order valence-corrected chi connectivity index (χ3v) is 7.63. The molecule has 2 aliphatic heterocycles. The molecule has 2 rings (SSSR count). The molecular weight excluding hydrogens is 254 g/mol. The second kappa shape index (κ2) is 4.16. The van der Waals surface area contributed by atoms with Gasteiger partial charge in [0, 0.05) is 0 Å². The Labute approximate surface area is 109 Å². The van der Waals surface area contributed by atoms with E-state index in [2.05, 4.69) is 0 Å². The Morgan fingerprint density at radius 3 is 2.22 bits per heavy atom. The van der Waals surface area contributed by atoms with Crippen molar-refractivity contribution in [2.75, 3.05) is 26.3 Å². The summed E-state index contributed by atoms with van der Waals surface area (Å²) in [6, 6.07) is -0.0496. The van der Waals surface area contributed by atoms with E-state index in [1.165, 1.54) is 4.90 Å². The van der Waals surface area contributed by atoms with E-state index in [-0.39, 0.29) is 6.04 Å². The van der Waals surface area contributed by atoms with Crippen molar-refractivity contribution in [1.29, 1.82) is 0 Å². The zero-order chi connectivity index (χ0) is 13.8. The highest BCUT2D eigenvalue weighted by molar-refractivity contribution is 7.95. The maximum atomic E-state index is 12.4. The summed E-state index contributed by atoms with van der Waals surface area (Å²) in [5.74, 6) is 0. The lowest BCUT2D eigenvalue weighted by atomic mass is 9.87. The Kier molecular flexibility index (Phi) is 3.29. The lowest BCUT2D eigenvalue weighted by Crippen LogP contribution is -3.23. The van der Waals surface area contributed by atoms with E-state index < -0.39 is 25.4 Å². The molecule has 0 unspecified atom stereocenters. The van der Waals surface area contributed by atoms with E-state index in [0.29, 0.717) is 13.2 Å². The van der Waals surface area contributed by atoms with Crippen LogP contribution in [0.5, 0.6) is 0 Å². The van der Waals surface area contributed by atoms with E-state index >= 15 is 0 Å². The van der Waals surface area contributed by atoms with Gasteiger partial charge in [-0.1, -0.05) is 0 Å². The molecule has 2 aliphatic rings. The number of nitrogens with one attached hydrogen (secondary N) is 1. The molecule has 0 radical (unpaired) electrons. The lowest BCUT2D eigenvalue weighted by Gasteiger charge is -2.55. The highest BCUT2D eigenvalue weighted by Crippen LogP contribution is 2.43. The van der Waals surface area contributed by atoms with Crippen molar-refractivity contribution in [1.82, 2.24) is 0 Å². The molecule has 0 aromatic heterocycles. The molecule has 106 valence electrons. The normalized spacial score (nSPS) is 36.1. The molecule has 5 nitrogen and oxygen atoms in total. The highest BCUT2D eigenvalue weighted by Gasteiger charge is 2.70.